The molecule has 0 aromatic heterocycles. The molecule has 0 bridgehead atoms. The fourth-order valence-electron chi connectivity index (χ4n) is 2.00. The largest absolute Gasteiger partial charge is 0.381 e. The lowest BCUT2D eigenvalue weighted by molar-refractivity contribution is 0.0950. The number of rotatable bonds is 4. The molecular weight excluding hydrogens is 228 g/mol. The van der Waals surface area contributed by atoms with Crippen molar-refractivity contribution in [2.24, 2.45) is 5.92 Å². The fraction of sp³-hybridized carbons (Fsp3) is 0.429. The number of carbonyl (C=O) groups excluding carboxylic acids is 1. The standard InChI is InChI=1S/C14H16N2O2/c15-9-11-1-3-13(4-2-11)14(17)16-7-5-12-6-8-18-10-12/h1-4,12H,5-8,10H2,(H,16,17). The number of nitrogens with zero attached hydrogens (tertiary/aromatic N) is 1. The molecule has 1 aromatic rings. The Bertz CT molecular complexity index is 442. The molecule has 0 aliphatic carbocycles. The van der Waals surface area contributed by atoms with Crippen molar-refractivity contribution in [3.8, 4) is 6.07 Å². The van der Waals surface area contributed by atoms with E-state index in [1.54, 1.807) is 24.3 Å². The SMILES string of the molecule is N#Cc1ccc(C(=O)NCCC2CCOC2)cc1. The minimum absolute atomic E-state index is 0.0848. The van der Waals surface area contributed by atoms with Crippen LogP contribution in [0.15, 0.2) is 24.3 Å². The highest BCUT2D eigenvalue weighted by Crippen LogP contribution is 2.15. The normalized spacial score (nSPS) is 18.3. The van der Waals surface area contributed by atoms with Crippen LogP contribution in [0.25, 0.3) is 0 Å². The summed E-state index contributed by atoms with van der Waals surface area (Å²) in [6.45, 7) is 2.33. The Balaban J connectivity index is 1.78. The lowest BCUT2D eigenvalue weighted by atomic mass is 10.1. The molecule has 4 nitrogen and oxygen atoms in total. The highest BCUT2D eigenvalue weighted by molar-refractivity contribution is 5.94. The first-order valence-electron chi connectivity index (χ1n) is 6.15. The second kappa shape index (κ2) is 6.18. The predicted molar refractivity (Wildman–Crippen MR) is 67.0 cm³/mol. The van der Waals surface area contributed by atoms with Crippen molar-refractivity contribution in [2.75, 3.05) is 19.8 Å². The third-order valence-corrected chi connectivity index (χ3v) is 3.14. The lowest BCUT2D eigenvalue weighted by Gasteiger charge is -2.08. The molecule has 18 heavy (non-hydrogen) atoms. The molecule has 0 saturated carbocycles. The van der Waals surface area contributed by atoms with Gasteiger partial charge in [-0.1, -0.05) is 0 Å². The summed E-state index contributed by atoms with van der Waals surface area (Å²) in [7, 11) is 0. The van der Waals surface area contributed by atoms with Crippen molar-refractivity contribution in [2.45, 2.75) is 12.8 Å². The second-order valence-corrected chi connectivity index (χ2v) is 4.46. The maximum atomic E-state index is 11.8. The van der Waals surface area contributed by atoms with Crippen molar-refractivity contribution in [3.63, 3.8) is 0 Å². The Morgan fingerprint density at radius 3 is 2.83 bits per heavy atom. The molecule has 1 fully saturated rings. The monoisotopic (exact) mass is 244 g/mol. The fourth-order valence-corrected chi connectivity index (χ4v) is 2.00. The van der Waals surface area contributed by atoms with E-state index in [1.165, 1.54) is 0 Å². The highest BCUT2D eigenvalue weighted by Gasteiger charge is 2.15. The molecule has 1 aliphatic rings. The summed E-state index contributed by atoms with van der Waals surface area (Å²) in [5, 5.41) is 11.6. The van der Waals surface area contributed by atoms with Crippen LogP contribution in [0.3, 0.4) is 0 Å². The van der Waals surface area contributed by atoms with E-state index in [0.29, 0.717) is 23.6 Å². The predicted octanol–water partition coefficient (Wildman–Crippen LogP) is 1.71. The molecule has 2 rings (SSSR count). The first kappa shape index (κ1) is 12.6. The van der Waals surface area contributed by atoms with Gasteiger partial charge in [-0.25, -0.2) is 0 Å². The van der Waals surface area contributed by atoms with Crippen LogP contribution < -0.4 is 5.32 Å². The number of hydrogen-bond donors (Lipinski definition) is 1. The zero-order valence-electron chi connectivity index (χ0n) is 10.2. The third kappa shape index (κ3) is 3.31. The molecule has 0 spiro atoms. The van der Waals surface area contributed by atoms with E-state index in [4.69, 9.17) is 10.00 Å². The number of nitrogens with one attached hydrogen (secondary N) is 1. The topological polar surface area (TPSA) is 62.1 Å². The summed E-state index contributed by atoms with van der Waals surface area (Å²) >= 11 is 0. The molecule has 1 aromatic carbocycles. The molecule has 0 radical (unpaired) electrons. The van der Waals surface area contributed by atoms with Crippen LogP contribution in [0, 0.1) is 17.2 Å². The van der Waals surface area contributed by atoms with E-state index in [1.807, 2.05) is 6.07 Å². The molecule has 1 saturated heterocycles. The van der Waals surface area contributed by atoms with Crippen LogP contribution in [0.2, 0.25) is 0 Å². The molecule has 4 heteroatoms. The van der Waals surface area contributed by atoms with Gasteiger partial charge in [0.25, 0.3) is 5.91 Å². The van der Waals surface area contributed by atoms with Crippen LogP contribution in [0.1, 0.15) is 28.8 Å². The molecule has 94 valence electrons. The van der Waals surface area contributed by atoms with Crippen LogP contribution in [0.5, 0.6) is 0 Å². The molecule has 1 unspecified atom stereocenters. The Morgan fingerprint density at radius 2 is 2.22 bits per heavy atom. The van der Waals surface area contributed by atoms with Crippen molar-refractivity contribution in [3.05, 3.63) is 35.4 Å². The van der Waals surface area contributed by atoms with Crippen LogP contribution in [-0.2, 0) is 4.74 Å². The molecular formula is C14H16N2O2. The van der Waals surface area contributed by atoms with Crippen LogP contribution >= 0.6 is 0 Å². The molecule has 1 aliphatic heterocycles. The van der Waals surface area contributed by atoms with Crippen LogP contribution in [-0.4, -0.2) is 25.7 Å². The van der Waals surface area contributed by atoms with E-state index in [-0.39, 0.29) is 5.91 Å². The number of ether oxygens (including phenoxy) is 1. The highest BCUT2D eigenvalue weighted by atomic mass is 16.5. The van der Waals surface area contributed by atoms with Gasteiger partial charge in [-0.15, -0.1) is 0 Å². The van der Waals surface area contributed by atoms with Gasteiger partial charge in [-0.05, 0) is 43.0 Å². The van der Waals surface area contributed by atoms with Gasteiger partial charge < -0.3 is 10.1 Å². The van der Waals surface area contributed by atoms with E-state index in [0.717, 1.165) is 26.1 Å². The van der Waals surface area contributed by atoms with Gasteiger partial charge in [0, 0.05) is 25.3 Å². The average molecular weight is 244 g/mol. The summed E-state index contributed by atoms with van der Waals surface area (Å²) in [4.78, 5) is 11.8. The van der Waals surface area contributed by atoms with Gasteiger partial charge in [0.15, 0.2) is 0 Å². The maximum Gasteiger partial charge on any atom is 0.251 e. The number of nitriles is 1. The van der Waals surface area contributed by atoms with E-state index in [9.17, 15) is 4.79 Å². The Hall–Kier alpha value is -1.86. The summed E-state index contributed by atoms with van der Waals surface area (Å²) < 4.78 is 5.28. The van der Waals surface area contributed by atoms with Gasteiger partial charge >= 0.3 is 0 Å². The summed E-state index contributed by atoms with van der Waals surface area (Å²) in [5.41, 5.74) is 1.16. The number of benzene rings is 1. The van der Waals surface area contributed by atoms with Gasteiger partial charge in [-0.2, -0.15) is 5.26 Å². The minimum atomic E-state index is -0.0848. The maximum absolute atomic E-state index is 11.8. The number of amides is 1. The van der Waals surface area contributed by atoms with Crippen LogP contribution in [0.4, 0.5) is 0 Å². The number of carbonyl (C=O) groups is 1. The van der Waals surface area contributed by atoms with Gasteiger partial charge in [0.1, 0.15) is 0 Å². The quantitative estimate of drug-likeness (QED) is 0.877. The Morgan fingerprint density at radius 1 is 1.44 bits per heavy atom. The smallest absolute Gasteiger partial charge is 0.251 e. The third-order valence-electron chi connectivity index (χ3n) is 3.14. The van der Waals surface area contributed by atoms with Gasteiger partial charge in [0.2, 0.25) is 0 Å². The summed E-state index contributed by atoms with van der Waals surface area (Å²) in [5.74, 6) is 0.490. The molecule has 1 N–H and O–H groups in total. The summed E-state index contributed by atoms with van der Waals surface area (Å²) in [6, 6.07) is 8.68. The summed E-state index contributed by atoms with van der Waals surface area (Å²) in [6.07, 6.45) is 2.05. The zero-order valence-corrected chi connectivity index (χ0v) is 10.2. The average Bonchev–Trinajstić information content (AvgIpc) is 2.92. The molecule has 1 heterocycles. The van der Waals surface area contributed by atoms with Crippen molar-refractivity contribution < 1.29 is 9.53 Å². The molecule has 1 atom stereocenters. The van der Waals surface area contributed by atoms with E-state index in [2.05, 4.69) is 5.32 Å². The Kier molecular flexibility index (Phi) is 4.32. The zero-order chi connectivity index (χ0) is 12.8. The number of hydrogen-bond acceptors (Lipinski definition) is 3. The molecule has 1 amide bonds. The van der Waals surface area contributed by atoms with E-state index >= 15 is 0 Å². The van der Waals surface area contributed by atoms with Crippen molar-refractivity contribution in [1.29, 1.82) is 5.26 Å². The lowest BCUT2D eigenvalue weighted by Crippen LogP contribution is -2.26. The first-order chi connectivity index (χ1) is 8.79. The Labute approximate surface area is 107 Å². The van der Waals surface area contributed by atoms with Gasteiger partial charge in [0.05, 0.1) is 11.6 Å². The van der Waals surface area contributed by atoms with E-state index < -0.39 is 0 Å². The minimum Gasteiger partial charge on any atom is -0.381 e. The van der Waals surface area contributed by atoms with Crippen molar-refractivity contribution in [1.82, 2.24) is 5.32 Å². The second-order valence-electron chi connectivity index (χ2n) is 4.46. The first-order valence-corrected chi connectivity index (χ1v) is 6.15. The van der Waals surface area contributed by atoms with Crippen molar-refractivity contribution >= 4 is 5.91 Å². The van der Waals surface area contributed by atoms with Gasteiger partial charge in [-0.3, -0.25) is 4.79 Å².